The van der Waals surface area contributed by atoms with Gasteiger partial charge in [-0.25, -0.2) is 0 Å². The Hall–Kier alpha value is -1.86. The van der Waals surface area contributed by atoms with E-state index in [0.29, 0.717) is 17.6 Å². The van der Waals surface area contributed by atoms with Crippen LogP contribution in [0.4, 0.5) is 0 Å². The summed E-state index contributed by atoms with van der Waals surface area (Å²) in [5.41, 5.74) is 1.68. The van der Waals surface area contributed by atoms with Crippen LogP contribution in [-0.2, 0) is 5.75 Å². The molecule has 0 atom stereocenters. The van der Waals surface area contributed by atoms with Crippen molar-refractivity contribution < 1.29 is 9.21 Å². The van der Waals surface area contributed by atoms with Crippen LogP contribution in [0.15, 0.2) is 33.0 Å². The Bertz CT molecular complexity index is 867. The van der Waals surface area contributed by atoms with Crippen molar-refractivity contribution in [3.8, 4) is 0 Å². The van der Waals surface area contributed by atoms with Gasteiger partial charge in [-0.15, -0.1) is 10.2 Å². The van der Waals surface area contributed by atoms with E-state index in [-0.39, 0.29) is 5.91 Å². The Morgan fingerprint density at radius 2 is 2.22 bits per heavy atom. The second-order valence-corrected chi connectivity index (χ2v) is 7.93. The number of fused-ring (bicyclic) bond motifs is 1. The first-order chi connectivity index (χ1) is 11.2. The first kappa shape index (κ1) is 14.7. The number of amides is 1. The molecule has 0 bridgehead atoms. The summed E-state index contributed by atoms with van der Waals surface area (Å²) in [6.07, 6.45) is 2.11. The molecule has 0 aliphatic heterocycles. The number of rotatable bonds is 5. The molecule has 1 N–H and O–H groups in total. The highest BCUT2D eigenvalue weighted by Gasteiger charge is 2.27. The fraction of sp³-hybridized carbons (Fsp3) is 0.312. The Kier molecular flexibility index (Phi) is 3.82. The fourth-order valence-corrected chi connectivity index (χ4v) is 4.22. The van der Waals surface area contributed by atoms with Gasteiger partial charge in [0.25, 0.3) is 5.91 Å². The van der Waals surface area contributed by atoms with Crippen LogP contribution in [0.1, 0.15) is 34.0 Å². The largest absolute Gasteiger partial charge is 0.451 e. The second-order valence-electron chi connectivity index (χ2n) is 5.53. The number of thioether (sulfide) groups is 1. The number of aryl methyl sites for hydroxylation is 1. The van der Waals surface area contributed by atoms with Gasteiger partial charge in [0, 0.05) is 22.7 Å². The van der Waals surface area contributed by atoms with E-state index in [1.54, 1.807) is 23.1 Å². The van der Waals surface area contributed by atoms with Gasteiger partial charge in [0.2, 0.25) is 0 Å². The number of hydrogen-bond donors (Lipinski definition) is 1. The maximum atomic E-state index is 12.5. The smallest absolute Gasteiger partial charge is 0.287 e. The first-order valence-electron chi connectivity index (χ1n) is 7.45. The number of furan rings is 1. The zero-order chi connectivity index (χ0) is 15.8. The Labute approximate surface area is 141 Å². The fourth-order valence-electron chi connectivity index (χ4n) is 2.37. The number of para-hydroxylation sites is 1. The molecule has 0 unspecified atom stereocenters. The molecule has 3 aromatic rings. The number of carbonyl (C=O) groups excluding carboxylic acids is 1. The topological polar surface area (TPSA) is 68.0 Å². The number of carbonyl (C=O) groups is 1. The molecule has 1 aliphatic carbocycles. The van der Waals surface area contributed by atoms with Crippen molar-refractivity contribution in [3.63, 3.8) is 0 Å². The van der Waals surface area contributed by atoms with Crippen molar-refractivity contribution in [3.05, 3.63) is 40.6 Å². The molecule has 7 heteroatoms. The molecular formula is C16H15N3O2S2. The average molecular weight is 345 g/mol. The Balaban J connectivity index is 1.65. The van der Waals surface area contributed by atoms with E-state index < -0.39 is 0 Å². The number of hydrogen-bond acceptors (Lipinski definition) is 6. The van der Waals surface area contributed by atoms with Gasteiger partial charge in [-0.05, 0) is 25.8 Å². The van der Waals surface area contributed by atoms with E-state index in [1.165, 1.54) is 0 Å². The highest BCUT2D eigenvalue weighted by atomic mass is 32.2. The molecule has 5 nitrogen and oxygen atoms in total. The molecule has 118 valence electrons. The minimum absolute atomic E-state index is 0.118. The molecular weight excluding hydrogens is 330 g/mol. The molecule has 0 spiro atoms. The predicted molar refractivity (Wildman–Crippen MR) is 90.9 cm³/mol. The maximum Gasteiger partial charge on any atom is 0.287 e. The second kappa shape index (κ2) is 5.98. The lowest BCUT2D eigenvalue weighted by molar-refractivity contribution is 0.0924. The highest BCUT2D eigenvalue weighted by Crippen LogP contribution is 2.33. The first-order valence-corrected chi connectivity index (χ1v) is 9.25. The molecule has 1 saturated carbocycles. The summed E-state index contributed by atoms with van der Waals surface area (Å²) in [6.45, 7) is 1.93. The van der Waals surface area contributed by atoms with Gasteiger partial charge < -0.3 is 9.73 Å². The van der Waals surface area contributed by atoms with Gasteiger partial charge in [-0.2, -0.15) is 0 Å². The van der Waals surface area contributed by atoms with Crippen molar-refractivity contribution in [2.24, 2.45) is 0 Å². The molecule has 23 heavy (non-hydrogen) atoms. The number of nitrogens with one attached hydrogen (secondary N) is 1. The van der Waals surface area contributed by atoms with Gasteiger partial charge in [0.05, 0.1) is 0 Å². The summed E-state index contributed by atoms with van der Waals surface area (Å²) in [6, 6.07) is 8.07. The zero-order valence-corrected chi connectivity index (χ0v) is 14.2. The molecule has 1 aliphatic rings. The van der Waals surface area contributed by atoms with Crippen molar-refractivity contribution in [1.29, 1.82) is 0 Å². The molecule has 0 radical (unpaired) electrons. The molecule has 1 fully saturated rings. The molecule has 1 aromatic carbocycles. The molecule has 2 heterocycles. The van der Waals surface area contributed by atoms with E-state index >= 15 is 0 Å². The van der Waals surface area contributed by atoms with Crippen LogP contribution in [0.3, 0.4) is 0 Å². The number of benzene rings is 1. The van der Waals surface area contributed by atoms with Crippen LogP contribution in [0.25, 0.3) is 11.0 Å². The van der Waals surface area contributed by atoms with Gasteiger partial charge >= 0.3 is 0 Å². The average Bonchev–Trinajstić information content (AvgIpc) is 3.14. The van der Waals surface area contributed by atoms with Crippen molar-refractivity contribution in [2.75, 3.05) is 0 Å². The monoisotopic (exact) mass is 345 g/mol. The van der Waals surface area contributed by atoms with E-state index in [4.69, 9.17) is 4.42 Å². The quantitative estimate of drug-likeness (QED) is 0.713. The highest BCUT2D eigenvalue weighted by molar-refractivity contribution is 8.00. The standard InChI is InChI=1S/C16H15N3O2S2/c1-9-18-19-16(23-9)22-8-12-11-4-2-3-5-13(11)21-14(12)15(20)17-10-6-7-10/h2-5,10H,6-8H2,1H3,(H,17,20). The van der Waals surface area contributed by atoms with Gasteiger partial charge in [-0.1, -0.05) is 41.3 Å². The van der Waals surface area contributed by atoms with Crippen LogP contribution in [0.5, 0.6) is 0 Å². The third-order valence-corrected chi connectivity index (χ3v) is 5.66. The molecule has 0 saturated heterocycles. The summed E-state index contributed by atoms with van der Waals surface area (Å²) in [4.78, 5) is 12.5. The summed E-state index contributed by atoms with van der Waals surface area (Å²) < 4.78 is 6.73. The van der Waals surface area contributed by atoms with Crippen molar-refractivity contribution in [1.82, 2.24) is 15.5 Å². The van der Waals surface area contributed by atoms with E-state index in [9.17, 15) is 4.79 Å². The van der Waals surface area contributed by atoms with Crippen LogP contribution in [-0.4, -0.2) is 22.1 Å². The maximum absolute atomic E-state index is 12.5. The number of nitrogens with zero attached hydrogens (tertiary/aromatic N) is 2. The lowest BCUT2D eigenvalue weighted by Gasteiger charge is -2.03. The lowest BCUT2D eigenvalue weighted by atomic mass is 10.1. The Morgan fingerprint density at radius 1 is 1.39 bits per heavy atom. The molecule has 1 amide bonds. The van der Waals surface area contributed by atoms with Gasteiger partial charge in [0.15, 0.2) is 10.1 Å². The normalized spacial score (nSPS) is 14.3. The summed E-state index contributed by atoms with van der Waals surface area (Å²) >= 11 is 3.14. The van der Waals surface area contributed by atoms with E-state index in [2.05, 4.69) is 15.5 Å². The van der Waals surface area contributed by atoms with Crippen molar-refractivity contribution >= 4 is 40.0 Å². The van der Waals surface area contributed by atoms with Crippen LogP contribution in [0, 0.1) is 6.92 Å². The minimum Gasteiger partial charge on any atom is -0.451 e. The third kappa shape index (κ3) is 3.11. The van der Waals surface area contributed by atoms with Crippen LogP contribution in [0.2, 0.25) is 0 Å². The van der Waals surface area contributed by atoms with E-state index in [1.807, 2.05) is 31.2 Å². The predicted octanol–water partition coefficient (Wildman–Crippen LogP) is 3.78. The van der Waals surface area contributed by atoms with E-state index in [0.717, 1.165) is 38.7 Å². The zero-order valence-electron chi connectivity index (χ0n) is 12.5. The summed E-state index contributed by atoms with van der Waals surface area (Å²) in [5, 5.41) is 13.1. The summed E-state index contributed by atoms with van der Waals surface area (Å²) in [7, 11) is 0. The lowest BCUT2D eigenvalue weighted by Crippen LogP contribution is -2.25. The minimum atomic E-state index is -0.118. The van der Waals surface area contributed by atoms with Crippen molar-refractivity contribution in [2.45, 2.75) is 35.9 Å². The van der Waals surface area contributed by atoms with Gasteiger partial charge in [0.1, 0.15) is 10.6 Å². The summed E-state index contributed by atoms with van der Waals surface area (Å²) in [5.74, 6) is 0.943. The molecule has 4 rings (SSSR count). The third-order valence-electron chi connectivity index (χ3n) is 3.66. The Morgan fingerprint density at radius 3 is 2.96 bits per heavy atom. The van der Waals surface area contributed by atoms with Gasteiger partial charge in [-0.3, -0.25) is 4.79 Å². The molecule has 2 aromatic heterocycles. The van der Waals surface area contributed by atoms with Crippen LogP contribution < -0.4 is 5.32 Å². The number of aromatic nitrogens is 2. The SMILES string of the molecule is Cc1nnc(SCc2c(C(=O)NC3CC3)oc3ccccc23)s1. The van der Waals surface area contributed by atoms with Crippen LogP contribution >= 0.6 is 23.1 Å².